The van der Waals surface area contributed by atoms with Gasteiger partial charge in [0.15, 0.2) is 0 Å². The molecule has 0 spiro atoms. The van der Waals surface area contributed by atoms with E-state index in [1.807, 2.05) is 30.3 Å². The van der Waals surface area contributed by atoms with Crippen molar-refractivity contribution in [1.82, 2.24) is 14.7 Å². The number of aromatic nitrogens is 3. The van der Waals surface area contributed by atoms with E-state index in [4.69, 9.17) is 9.26 Å². The van der Waals surface area contributed by atoms with Crippen LogP contribution in [0.4, 0.5) is 5.69 Å². The van der Waals surface area contributed by atoms with E-state index in [1.54, 1.807) is 67.6 Å². The van der Waals surface area contributed by atoms with Crippen molar-refractivity contribution in [2.45, 2.75) is 0 Å². The average Bonchev–Trinajstić information content (AvgIpc) is 3.34. The number of hydrogen-bond acceptors (Lipinski definition) is 6. The van der Waals surface area contributed by atoms with Crippen molar-refractivity contribution in [3.05, 3.63) is 101 Å². The first-order chi connectivity index (χ1) is 16.6. The zero-order valence-corrected chi connectivity index (χ0v) is 18.5. The van der Waals surface area contributed by atoms with Crippen molar-refractivity contribution in [2.24, 2.45) is 0 Å². The maximum absolute atomic E-state index is 13.3. The van der Waals surface area contributed by atoms with E-state index in [1.165, 1.54) is 10.9 Å². The molecule has 168 valence electrons. The number of ether oxygens (including phenoxy) is 1. The molecule has 0 aliphatic rings. The van der Waals surface area contributed by atoms with Crippen LogP contribution in [0.1, 0.15) is 10.4 Å². The Morgan fingerprint density at radius 3 is 2.35 bits per heavy atom. The molecule has 0 bridgehead atoms. The van der Waals surface area contributed by atoms with Crippen LogP contribution >= 0.6 is 0 Å². The lowest BCUT2D eigenvalue weighted by Gasteiger charge is -2.17. The highest BCUT2D eigenvalue weighted by Crippen LogP contribution is 2.26. The number of amides is 1. The fourth-order valence-corrected chi connectivity index (χ4v) is 3.70. The van der Waals surface area contributed by atoms with Crippen LogP contribution in [0.25, 0.3) is 28.0 Å². The third kappa shape index (κ3) is 3.71. The summed E-state index contributed by atoms with van der Waals surface area (Å²) in [6.45, 7) is 0. The van der Waals surface area contributed by atoms with Crippen LogP contribution in [0, 0.1) is 0 Å². The monoisotopic (exact) mass is 452 g/mol. The first-order valence-corrected chi connectivity index (χ1v) is 10.5. The van der Waals surface area contributed by atoms with Crippen LogP contribution < -0.4 is 15.2 Å². The molecule has 0 unspecified atom stereocenters. The zero-order valence-electron chi connectivity index (χ0n) is 18.5. The van der Waals surface area contributed by atoms with Gasteiger partial charge < -0.3 is 14.2 Å². The summed E-state index contributed by atoms with van der Waals surface area (Å²) in [4.78, 5) is 32.0. The molecule has 1 amide bonds. The van der Waals surface area contributed by atoms with Gasteiger partial charge >= 0.3 is 0 Å². The number of para-hydroxylation sites is 1. The van der Waals surface area contributed by atoms with Gasteiger partial charge in [0.05, 0.1) is 12.8 Å². The third-order valence-corrected chi connectivity index (χ3v) is 5.60. The van der Waals surface area contributed by atoms with Gasteiger partial charge in [0.1, 0.15) is 23.2 Å². The minimum Gasteiger partial charge on any atom is -0.497 e. The van der Waals surface area contributed by atoms with Gasteiger partial charge in [0, 0.05) is 23.9 Å². The van der Waals surface area contributed by atoms with Gasteiger partial charge in [0.2, 0.25) is 0 Å². The number of nitrogens with zero attached hydrogens (tertiary/aromatic N) is 4. The normalized spacial score (nSPS) is 10.9. The number of carbonyl (C=O) groups is 1. The minimum atomic E-state index is -0.322. The van der Waals surface area contributed by atoms with E-state index >= 15 is 0 Å². The van der Waals surface area contributed by atoms with Crippen LogP contribution in [0.3, 0.4) is 0 Å². The second kappa shape index (κ2) is 8.67. The number of hydrogen-bond donors (Lipinski definition) is 0. The molecule has 0 N–H and O–H groups in total. The number of fused-ring (bicyclic) bond motifs is 1. The number of rotatable bonds is 5. The summed E-state index contributed by atoms with van der Waals surface area (Å²) in [5.74, 6) is 0.541. The first kappa shape index (κ1) is 21.1. The molecule has 0 radical (unpaired) electrons. The van der Waals surface area contributed by atoms with E-state index in [2.05, 4.69) is 10.1 Å². The third-order valence-electron chi connectivity index (χ3n) is 5.60. The van der Waals surface area contributed by atoms with E-state index in [0.717, 1.165) is 5.69 Å². The highest BCUT2D eigenvalue weighted by Gasteiger charge is 2.18. The van der Waals surface area contributed by atoms with Gasteiger partial charge in [-0.1, -0.05) is 23.4 Å². The highest BCUT2D eigenvalue weighted by atomic mass is 16.5. The standard InChI is InChI=1S/C26H20N4O4/c1-29(19-6-4-3-5-7-19)25(31)18-8-12-20(13-9-18)30-16-27-24-22(26(30)32)23(28-34-24)17-10-14-21(33-2)15-11-17/h3-16H,1-2H3. The topological polar surface area (TPSA) is 90.5 Å². The van der Waals surface area contributed by atoms with E-state index in [-0.39, 0.29) is 22.6 Å². The molecule has 0 fully saturated rings. The Morgan fingerprint density at radius 1 is 0.971 bits per heavy atom. The fraction of sp³-hybridized carbons (Fsp3) is 0.0769. The molecule has 8 nitrogen and oxygen atoms in total. The van der Waals surface area contributed by atoms with Gasteiger partial charge in [-0.05, 0) is 60.7 Å². The number of anilines is 1. The van der Waals surface area contributed by atoms with Crippen molar-refractivity contribution in [3.63, 3.8) is 0 Å². The van der Waals surface area contributed by atoms with Gasteiger partial charge in [-0.2, -0.15) is 0 Å². The molecular formula is C26H20N4O4. The summed E-state index contributed by atoms with van der Waals surface area (Å²) in [7, 11) is 3.31. The molecule has 2 aromatic heterocycles. The molecule has 34 heavy (non-hydrogen) atoms. The predicted molar refractivity (Wildman–Crippen MR) is 129 cm³/mol. The molecule has 0 aliphatic heterocycles. The molecule has 2 heterocycles. The molecule has 0 aliphatic carbocycles. The summed E-state index contributed by atoms with van der Waals surface area (Å²) < 4.78 is 11.9. The molecule has 0 saturated heterocycles. The Hall–Kier alpha value is -4.72. The Labute approximate surface area is 194 Å². The van der Waals surface area contributed by atoms with E-state index in [0.29, 0.717) is 28.3 Å². The minimum absolute atomic E-state index is 0.153. The smallest absolute Gasteiger partial charge is 0.271 e. The van der Waals surface area contributed by atoms with Crippen molar-refractivity contribution < 1.29 is 14.1 Å². The number of methoxy groups -OCH3 is 1. The summed E-state index contributed by atoms with van der Waals surface area (Å²) >= 11 is 0. The lowest BCUT2D eigenvalue weighted by molar-refractivity contribution is 0.0993. The second-order valence-corrected chi connectivity index (χ2v) is 7.61. The van der Waals surface area contributed by atoms with Gasteiger partial charge in [-0.15, -0.1) is 0 Å². The lowest BCUT2D eigenvalue weighted by atomic mass is 10.1. The molecular weight excluding hydrogens is 432 g/mol. The maximum atomic E-state index is 13.3. The van der Waals surface area contributed by atoms with Crippen LogP contribution in [0.15, 0.2) is 94.5 Å². The average molecular weight is 452 g/mol. The maximum Gasteiger partial charge on any atom is 0.271 e. The summed E-state index contributed by atoms with van der Waals surface area (Å²) in [5.41, 5.74) is 2.81. The fourth-order valence-electron chi connectivity index (χ4n) is 3.70. The van der Waals surface area contributed by atoms with Crippen LogP contribution in [-0.4, -0.2) is 34.8 Å². The SMILES string of the molecule is COc1ccc(-c2noc3ncn(-c4ccc(C(=O)N(C)c5ccccc5)cc4)c(=O)c23)cc1. The number of carbonyl (C=O) groups excluding carboxylic acids is 1. The van der Waals surface area contributed by atoms with Crippen molar-refractivity contribution in [3.8, 4) is 22.7 Å². The molecule has 8 heteroatoms. The first-order valence-electron chi connectivity index (χ1n) is 10.5. The summed E-state index contributed by atoms with van der Waals surface area (Å²) in [6, 6.07) is 23.4. The Morgan fingerprint density at radius 2 is 1.68 bits per heavy atom. The highest BCUT2D eigenvalue weighted by molar-refractivity contribution is 6.05. The lowest BCUT2D eigenvalue weighted by Crippen LogP contribution is -2.26. The van der Waals surface area contributed by atoms with Crippen LogP contribution in [0.2, 0.25) is 0 Å². The molecule has 0 saturated carbocycles. The Bertz CT molecular complexity index is 1520. The molecule has 0 atom stereocenters. The van der Waals surface area contributed by atoms with Gasteiger partial charge in [-0.25, -0.2) is 4.98 Å². The van der Waals surface area contributed by atoms with Crippen LogP contribution in [0.5, 0.6) is 5.75 Å². The summed E-state index contributed by atoms with van der Waals surface area (Å²) in [6.07, 6.45) is 1.39. The Kier molecular flexibility index (Phi) is 5.39. The quantitative estimate of drug-likeness (QED) is 0.394. The molecule has 5 aromatic rings. The van der Waals surface area contributed by atoms with Crippen molar-refractivity contribution >= 4 is 22.7 Å². The predicted octanol–water partition coefficient (Wildman–Crippen LogP) is 4.33. The molecule has 3 aromatic carbocycles. The van der Waals surface area contributed by atoms with Crippen LogP contribution in [-0.2, 0) is 0 Å². The number of benzene rings is 3. The van der Waals surface area contributed by atoms with Gasteiger partial charge in [-0.3, -0.25) is 14.2 Å². The molecule has 5 rings (SSSR count). The van der Waals surface area contributed by atoms with E-state index in [9.17, 15) is 9.59 Å². The van der Waals surface area contributed by atoms with Gasteiger partial charge in [0.25, 0.3) is 17.2 Å². The Balaban J connectivity index is 1.49. The van der Waals surface area contributed by atoms with Crippen molar-refractivity contribution in [1.29, 1.82) is 0 Å². The summed E-state index contributed by atoms with van der Waals surface area (Å²) in [5, 5.41) is 4.34. The largest absolute Gasteiger partial charge is 0.497 e. The van der Waals surface area contributed by atoms with Crippen molar-refractivity contribution in [2.75, 3.05) is 19.1 Å². The van der Waals surface area contributed by atoms with E-state index < -0.39 is 0 Å². The second-order valence-electron chi connectivity index (χ2n) is 7.61. The zero-order chi connectivity index (χ0) is 23.7.